The van der Waals surface area contributed by atoms with Crippen LogP contribution in [0.1, 0.15) is 51.5 Å². The summed E-state index contributed by atoms with van der Waals surface area (Å²) < 4.78 is 0. The van der Waals surface area contributed by atoms with Crippen LogP contribution in [-0.2, 0) is 11.2 Å². The van der Waals surface area contributed by atoms with E-state index in [1.54, 1.807) is 0 Å². The Morgan fingerprint density at radius 3 is 2.50 bits per heavy atom. The Labute approximate surface area is 122 Å². The molecule has 2 heteroatoms. The Kier molecular flexibility index (Phi) is 7.71. The number of rotatable bonds is 9. The second kappa shape index (κ2) is 9.35. The first-order valence-corrected chi connectivity index (χ1v) is 7.62. The highest BCUT2D eigenvalue weighted by Gasteiger charge is 2.15. The molecule has 2 nitrogen and oxygen atoms in total. The molecular formula is C18H26O2. The molecule has 0 radical (unpaired) electrons. The lowest BCUT2D eigenvalue weighted by Crippen LogP contribution is -2.10. The van der Waals surface area contributed by atoms with Crippen molar-refractivity contribution < 1.29 is 9.90 Å². The summed E-state index contributed by atoms with van der Waals surface area (Å²) >= 11 is 0. The third-order valence-corrected chi connectivity index (χ3v) is 3.67. The van der Waals surface area contributed by atoms with Crippen LogP contribution in [-0.4, -0.2) is 11.1 Å². The van der Waals surface area contributed by atoms with Crippen LogP contribution in [0.5, 0.6) is 0 Å². The predicted molar refractivity (Wildman–Crippen MR) is 83.8 cm³/mol. The largest absolute Gasteiger partial charge is 0.478 e. The van der Waals surface area contributed by atoms with Crippen molar-refractivity contribution in [2.24, 2.45) is 5.92 Å². The number of benzene rings is 1. The molecule has 1 atom stereocenters. The van der Waals surface area contributed by atoms with Crippen molar-refractivity contribution in [1.29, 1.82) is 0 Å². The number of hydrogen-bond donors (Lipinski definition) is 1. The van der Waals surface area contributed by atoms with Gasteiger partial charge in [0.05, 0.1) is 0 Å². The third kappa shape index (κ3) is 6.05. The van der Waals surface area contributed by atoms with Crippen molar-refractivity contribution in [3.63, 3.8) is 0 Å². The summed E-state index contributed by atoms with van der Waals surface area (Å²) in [5, 5.41) is 9.36. The minimum absolute atomic E-state index is 0.132. The molecule has 0 saturated heterocycles. The van der Waals surface area contributed by atoms with Crippen molar-refractivity contribution in [2.75, 3.05) is 0 Å². The van der Waals surface area contributed by atoms with E-state index >= 15 is 0 Å². The molecule has 0 spiro atoms. The highest BCUT2D eigenvalue weighted by atomic mass is 16.4. The van der Waals surface area contributed by atoms with Crippen LogP contribution in [0, 0.1) is 5.92 Å². The zero-order chi connectivity index (χ0) is 14.8. The Hall–Kier alpha value is -1.57. The van der Waals surface area contributed by atoms with Gasteiger partial charge in [-0.15, -0.1) is 0 Å². The Bertz CT molecular complexity index is 420. The minimum Gasteiger partial charge on any atom is -0.478 e. The van der Waals surface area contributed by atoms with Gasteiger partial charge >= 0.3 is 5.97 Å². The molecule has 0 aromatic heterocycles. The minimum atomic E-state index is -0.774. The van der Waals surface area contributed by atoms with Gasteiger partial charge in [-0.3, -0.25) is 0 Å². The summed E-state index contributed by atoms with van der Waals surface area (Å²) in [6, 6.07) is 10.0. The van der Waals surface area contributed by atoms with E-state index < -0.39 is 5.97 Å². The van der Waals surface area contributed by atoms with E-state index in [0.717, 1.165) is 18.4 Å². The first-order chi connectivity index (χ1) is 9.65. The van der Waals surface area contributed by atoms with Gasteiger partial charge in [-0.05, 0) is 24.3 Å². The third-order valence-electron chi connectivity index (χ3n) is 3.67. The summed E-state index contributed by atoms with van der Waals surface area (Å²) in [4.78, 5) is 11.4. The number of allylic oxidation sites excluding steroid dienone is 1. The van der Waals surface area contributed by atoms with Crippen molar-refractivity contribution in [3.8, 4) is 0 Å². The lowest BCUT2D eigenvalue weighted by Gasteiger charge is -2.12. The molecule has 0 saturated carbocycles. The van der Waals surface area contributed by atoms with Crippen LogP contribution >= 0.6 is 0 Å². The summed E-state index contributed by atoms with van der Waals surface area (Å²) in [5.41, 5.74) is 1.72. The molecule has 20 heavy (non-hydrogen) atoms. The molecule has 0 bridgehead atoms. The molecule has 1 N–H and O–H groups in total. The summed E-state index contributed by atoms with van der Waals surface area (Å²) in [6.07, 6.45) is 8.31. The van der Waals surface area contributed by atoms with Crippen LogP contribution in [0.25, 0.3) is 0 Å². The van der Waals surface area contributed by atoms with Gasteiger partial charge in [0.25, 0.3) is 0 Å². The van der Waals surface area contributed by atoms with E-state index in [1.165, 1.54) is 19.3 Å². The van der Waals surface area contributed by atoms with Gasteiger partial charge in [0, 0.05) is 5.57 Å². The number of carboxylic acids is 1. The van der Waals surface area contributed by atoms with E-state index in [1.807, 2.05) is 43.3 Å². The Balaban J connectivity index is 2.56. The highest BCUT2D eigenvalue weighted by Crippen LogP contribution is 2.20. The van der Waals surface area contributed by atoms with E-state index in [-0.39, 0.29) is 5.92 Å². The summed E-state index contributed by atoms with van der Waals surface area (Å²) in [5.74, 6) is -0.642. The number of carbonyl (C=O) groups is 1. The van der Waals surface area contributed by atoms with Gasteiger partial charge in [-0.1, -0.05) is 75.9 Å². The SMILES string of the molecule is CCCCCCC(C)/C(=C\Cc1ccccc1)C(=O)O. The van der Waals surface area contributed by atoms with Gasteiger partial charge in [0.15, 0.2) is 0 Å². The van der Waals surface area contributed by atoms with Crippen molar-refractivity contribution in [1.82, 2.24) is 0 Å². The van der Waals surface area contributed by atoms with E-state index in [0.29, 0.717) is 12.0 Å². The quantitative estimate of drug-likeness (QED) is 0.516. The molecule has 0 amide bonds. The van der Waals surface area contributed by atoms with Crippen LogP contribution in [0.2, 0.25) is 0 Å². The topological polar surface area (TPSA) is 37.3 Å². The lowest BCUT2D eigenvalue weighted by molar-refractivity contribution is -0.133. The first-order valence-electron chi connectivity index (χ1n) is 7.62. The van der Waals surface area contributed by atoms with Gasteiger partial charge in [-0.2, -0.15) is 0 Å². The number of carboxylic acid groups (broad SMARTS) is 1. The van der Waals surface area contributed by atoms with Crippen LogP contribution in [0.15, 0.2) is 42.0 Å². The van der Waals surface area contributed by atoms with Gasteiger partial charge in [-0.25, -0.2) is 4.79 Å². The molecule has 0 aliphatic carbocycles. The average molecular weight is 274 g/mol. The number of hydrogen-bond acceptors (Lipinski definition) is 1. The van der Waals surface area contributed by atoms with Gasteiger partial charge in [0.2, 0.25) is 0 Å². The standard InChI is InChI=1S/C18H26O2/c1-3-4-5-7-10-15(2)17(18(19)20)14-13-16-11-8-6-9-12-16/h6,8-9,11-12,14-15H,3-5,7,10,13H2,1-2H3,(H,19,20)/b17-14+. The normalized spacial score (nSPS) is 13.2. The average Bonchev–Trinajstić information content (AvgIpc) is 2.44. The maximum Gasteiger partial charge on any atom is 0.331 e. The Morgan fingerprint density at radius 2 is 1.90 bits per heavy atom. The second-order valence-electron chi connectivity index (χ2n) is 5.40. The monoisotopic (exact) mass is 274 g/mol. The van der Waals surface area contributed by atoms with Gasteiger partial charge < -0.3 is 5.11 Å². The van der Waals surface area contributed by atoms with Crippen LogP contribution in [0.3, 0.4) is 0 Å². The van der Waals surface area contributed by atoms with Crippen molar-refractivity contribution >= 4 is 5.97 Å². The van der Waals surface area contributed by atoms with E-state index in [4.69, 9.17) is 0 Å². The molecule has 1 aromatic rings. The van der Waals surface area contributed by atoms with E-state index in [9.17, 15) is 9.90 Å². The molecule has 0 heterocycles. The number of unbranched alkanes of at least 4 members (excludes halogenated alkanes) is 3. The number of aliphatic carboxylic acids is 1. The van der Waals surface area contributed by atoms with Gasteiger partial charge in [0.1, 0.15) is 0 Å². The molecule has 0 aliphatic heterocycles. The highest BCUT2D eigenvalue weighted by molar-refractivity contribution is 5.87. The molecule has 1 rings (SSSR count). The molecular weight excluding hydrogens is 248 g/mol. The molecule has 110 valence electrons. The molecule has 1 unspecified atom stereocenters. The molecule has 0 fully saturated rings. The van der Waals surface area contributed by atoms with E-state index in [2.05, 4.69) is 6.92 Å². The van der Waals surface area contributed by atoms with Crippen molar-refractivity contribution in [3.05, 3.63) is 47.5 Å². The fraction of sp³-hybridized carbons (Fsp3) is 0.500. The lowest BCUT2D eigenvalue weighted by atomic mass is 9.93. The molecule has 0 aliphatic rings. The molecule has 1 aromatic carbocycles. The maximum atomic E-state index is 11.4. The van der Waals surface area contributed by atoms with Crippen molar-refractivity contribution in [2.45, 2.75) is 52.4 Å². The zero-order valence-electron chi connectivity index (χ0n) is 12.6. The maximum absolute atomic E-state index is 11.4. The fourth-order valence-electron chi connectivity index (χ4n) is 2.37. The smallest absolute Gasteiger partial charge is 0.331 e. The second-order valence-corrected chi connectivity index (χ2v) is 5.40. The fourth-order valence-corrected chi connectivity index (χ4v) is 2.37. The zero-order valence-corrected chi connectivity index (χ0v) is 12.6. The first kappa shape index (κ1) is 16.5. The summed E-state index contributed by atoms with van der Waals surface area (Å²) in [7, 11) is 0. The Morgan fingerprint density at radius 1 is 1.20 bits per heavy atom. The predicted octanol–water partition coefficient (Wildman–Crippen LogP) is 4.85. The van der Waals surface area contributed by atoms with Crippen LogP contribution < -0.4 is 0 Å². The summed E-state index contributed by atoms with van der Waals surface area (Å²) in [6.45, 7) is 4.21. The van der Waals surface area contributed by atoms with Crippen LogP contribution in [0.4, 0.5) is 0 Å².